The smallest absolute Gasteiger partial charge is 0.322 e. The number of carbonyl (C=O) groups excluding carboxylic acids is 2. The molecule has 6 nitrogen and oxygen atoms in total. The van der Waals surface area contributed by atoms with E-state index in [1.807, 2.05) is 6.92 Å². The van der Waals surface area contributed by atoms with Crippen LogP contribution in [0.3, 0.4) is 0 Å². The normalized spacial score (nSPS) is 13.8. The van der Waals surface area contributed by atoms with Gasteiger partial charge in [0.1, 0.15) is 5.82 Å². The van der Waals surface area contributed by atoms with Crippen LogP contribution >= 0.6 is 0 Å². The van der Waals surface area contributed by atoms with E-state index in [4.69, 9.17) is 4.74 Å². The highest BCUT2D eigenvalue weighted by atomic mass is 19.1. The van der Waals surface area contributed by atoms with Gasteiger partial charge < -0.3 is 20.3 Å². The average molecular weight is 385 g/mol. The van der Waals surface area contributed by atoms with Gasteiger partial charge in [-0.15, -0.1) is 0 Å². The summed E-state index contributed by atoms with van der Waals surface area (Å²) in [6.45, 7) is 3.25. The molecule has 0 spiro atoms. The predicted octanol–water partition coefficient (Wildman–Crippen LogP) is 3.53. The summed E-state index contributed by atoms with van der Waals surface area (Å²) >= 11 is 0. The number of methoxy groups -OCH3 is 1. The molecule has 1 unspecified atom stereocenters. The Kier molecular flexibility index (Phi) is 6.26. The number of anilines is 1. The molecule has 2 N–H and O–H groups in total. The molecule has 0 saturated heterocycles. The van der Waals surface area contributed by atoms with E-state index in [0.717, 1.165) is 17.5 Å². The van der Waals surface area contributed by atoms with Gasteiger partial charge in [0.25, 0.3) is 5.91 Å². The van der Waals surface area contributed by atoms with Crippen molar-refractivity contribution in [2.45, 2.75) is 32.5 Å². The second-order valence-electron chi connectivity index (χ2n) is 6.81. The molecule has 1 atom stereocenters. The minimum atomic E-state index is -0.300. The number of nitrogens with one attached hydrogen (secondary N) is 2. The molecule has 2 aromatic carbocycles. The molecular formula is C21H24FN3O3. The molecule has 1 heterocycles. The molecule has 2 aromatic rings. The topological polar surface area (TPSA) is 70.7 Å². The number of carbonyl (C=O) groups is 2. The summed E-state index contributed by atoms with van der Waals surface area (Å²) in [4.78, 5) is 26.4. The second kappa shape index (κ2) is 8.84. The lowest BCUT2D eigenvalue weighted by Gasteiger charge is -2.17. The summed E-state index contributed by atoms with van der Waals surface area (Å²) in [6.07, 6.45) is 0.774. The third-order valence-electron chi connectivity index (χ3n) is 4.77. The number of urea groups is 1. The molecule has 7 heteroatoms. The molecule has 148 valence electrons. The highest BCUT2D eigenvalue weighted by molar-refractivity contribution is 5.95. The summed E-state index contributed by atoms with van der Waals surface area (Å²) < 4.78 is 18.4. The molecule has 1 aliphatic heterocycles. The largest absolute Gasteiger partial charge is 0.383 e. The van der Waals surface area contributed by atoms with Gasteiger partial charge in [-0.3, -0.25) is 4.79 Å². The summed E-state index contributed by atoms with van der Waals surface area (Å²) in [5.41, 5.74) is 2.87. The van der Waals surface area contributed by atoms with Crippen LogP contribution in [0.4, 0.5) is 14.9 Å². The number of hydrogen-bond donors (Lipinski definition) is 2. The first-order valence-corrected chi connectivity index (χ1v) is 9.23. The summed E-state index contributed by atoms with van der Waals surface area (Å²) in [6, 6.07) is 11.0. The summed E-state index contributed by atoms with van der Waals surface area (Å²) in [7, 11) is 1.60. The van der Waals surface area contributed by atoms with E-state index in [9.17, 15) is 14.0 Å². The lowest BCUT2D eigenvalue weighted by atomic mass is 10.1. The van der Waals surface area contributed by atoms with Crippen molar-refractivity contribution >= 4 is 17.6 Å². The van der Waals surface area contributed by atoms with E-state index < -0.39 is 0 Å². The van der Waals surface area contributed by atoms with Gasteiger partial charge in [0.15, 0.2) is 0 Å². The first-order chi connectivity index (χ1) is 13.5. The maximum atomic E-state index is 13.3. The van der Waals surface area contributed by atoms with E-state index in [1.165, 1.54) is 12.1 Å². The molecule has 0 aromatic heterocycles. The Morgan fingerprint density at radius 3 is 2.54 bits per heavy atom. The van der Waals surface area contributed by atoms with Crippen molar-refractivity contribution in [3.8, 4) is 0 Å². The molecule has 0 aliphatic carbocycles. The van der Waals surface area contributed by atoms with Crippen LogP contribution in [0.15, 0.2) is 42.5 Å². The fourth-order valence-electron chi connectivity index (χ4n) is 3.15. The number of hydrogen-bond acceptors (Lipinski definition) is 3. The highest BCUT2D eigenvalue weighted by Crippen LogP contribution is 2.24. The predicted molar refractivity (Wildman–Crippen MR) is 105 cm³/mol. The lowest BCUT2D eigenvalue weighted by Crippen LogP contribution is -2.37. The Labute approximate surface area is 163 Å². The van der Waals surface area contributed by atoms with Crippen LogP contribution in [0.25, 0.3) is 0 Å². The highest BCUT2D eigenvalue weighted by Gasteiger charge is 2.23. The molecule has 1 aliphatic rings. The molecule has 3 amide bonds. The third-order valence-corrected chi connectivity index (χ3v) is 4.77. The van der Waals surface area contributed by atoms with Crippen molar-refractivity contribution in [1.82, 2.24) is 10.2 Å². The van der Waals surface area contributed by atoms with Crippen molar-refractivity contribution in [2.24, 2.45) is 0 Å². The zero-order chi connectivity index (χ0) is 20.1. The van der Waals surface area contributed by atoms with Gasteiger partial charge in [-0.05, 0) is 53.9 Å². The molecular weight excluding hydrogens is 361 g/mol. The number of halogens is 1. The first-order valence-electron chi connectivity index (χ1n) is 9.23. The van der Waals surface area contributed by atoms with Crippen LogP contribution in [0.5, 0.6) is 0 Å². The molecule has 3 rings (SSSR count). The number of fused-ring (bicyclic) bond motifs is 1. The quantitative estimate of drug-likeness (QED) is 0.799. The molecule has 0 saturated carbocycles. The van der Waals surface area contributed by atoms with Crippen molar-refractivity contribution in [2.75, 3.05) is 19.0 Å². The fourth-order valence-corrected chi connectivity index (χ4v) is 3.15. The Hall–Kier alpha value is -2.93. The van der Waals surface area contributed by atoms with E-state index in [1.54, 1.807) is 42.3 Å². The van der Waals surface area contributed by atoms with Gasteiger partial charge in [-0.25, -0.2) is 9.18 Å². The van der Waals surface area contributed by atoms with Crippen LogP contribution in [0.2, 0.25) is 0 Å². The Morgan fingerprint density at radius 2 is 1.86 bits per heavy atom. The van der Waals surface area contributed by atoms with E-state index >= 15 is 0 Å². The van der Waals surface area contributed by atoms with Gasteiger partial charge in [0, 0.05) is 31.5 Å². The van der Waals surface area contributed by atoms with Crippen LogP contribution in [0, 0.1) is 5.82 Å². The maximum absolute atomic E-state index is 13.3. The number of amides is 3. The Bertz CT molecular complexity index is 854. The van der Waals surface area contributed by atoms with Crippen LogP contribution in [0.1, 0.15) is 34.8 Å². The average Bonchev–Trinajstić information content (AvgIpc) is 3.11. The number of benzene rings is 2. The third kappa shape index (κ3) is 4.67. The zero-order valence-electron chi connectivity index (χ0n) is 16.0. The minimum Gasteiger partial charge on any atom is -0.383 e. The summed E-state index contributed by atoms with van der Waals surface area (Å²) in [5.74, 6) is -0.482. The Balaban J connectivity index is 1.57. The van der Waals surface area contributed by atoms with Gasteiger partial charge >= 0.3 is 6.03 Å². The van der Waals surface area contributed by atoms with Crippen molar-refractivity contribution in [3.05, 3.63) is 65.0 Å². The van der Waals surface area contributed by atoms with E-state index in [-0.39, 0.29) is 23.8 Å². The first kappa shape index (κ1) is 19.8. The standard InChI is InChI=1S/C21H24FN3O3/c1-3-18(13-28-2)23-20(26)14-5-8-19(9-6-14)24-21(27)25-11-15-4-7-17(22)10-16(15)12-25/h4-10,18H,3,11-13H2,1-2H3,(H,23,26)(H,24,27). The number of rotatable bonds is 6. The van der Waals surface area contributed by atoms with E-state index in [0.29, 0.717) is 30.9 Å². The number of ether oxygens (including phenoxy) is 1. The van der Waals surface area contributed by atoms with Gasteiger partial charge in [-0.2, -0.15) is 0 Å². The Morgan fingerprint density at radius 1 is 1.14 bits per heavy atom. The van der Waals surface area contributed by atoms with Crippen molar-refractivity contribution in [3.63, 3.8) is 0 Å². The molecule has 28 heavy (non-hydrogen) atoms. The van der Waals surface area contributed by atoms with Crippen molar-refractivity contribution in [1.29, 1.82) is 0 Å². The van der Waals surface area contributed by atoms with Crippen LogP contribution < -0.4 is 10.6 Å². The van der Waals surface area contributed by atoms with Crippen LogP contribution in [-0.2, 0) is 17.8 Å². The van der Waals surface area contributed by atoms with Crippen molar-refractivity contribution < 1.29 is 18.7 Å². The maximum Gasteiger partial charge on any atom is 0.322 e. The summed E-state index contributed by atoms with van der Waals surface area (Å²) in [5, 5.41) is 5.73. The van der Waals surface area contributed by atoms with Gasteiger partial charge in [-0.1, -0.05) is 13.0 Å². The van der Waals surface area contributed by atoms with Gasteiger partial charge in [0.2, 0.25) is 0 Å². The molecule has 0 fully saturated rings. The van der Waals surface area contributed by atoms with Gasteiger partial charge in [0.05, 0.1) is 12.6 Å². The molecule has 0 radical (unpaired) electrons. The minimum absolute atomic E-state index is 0.0430. The lowest BCUT2D eigenvalue weighted by molar-refractivity contribution is 0.0894. The zero-order valence-corrected chi connectivity index (χ0v) is 16.0. The van der Waals surface area contributed by atoms with Crippen LogP contribution in [-0.4, -0.2) is 36.6 Å². The fraction of sp³-hybridized carbons (Fsp3) is 0.333. The monoisotopic (exact) mass is 385 g/mol. The number of nitrogens with zero attached hydrogens (tertiary/aromatic N) is 1. The SMILES string of the molecule is CCC(COC)NC(=O)c1ccc(NC(=O)N2Cc3ccc(F)cc3C2)cc1. The second-order valence-corrected chi connectivity index (χ2v) is 6.81. The van der Waals surface area contributed by atoms with E-state index in [2.05, 4.69) is 10.6 Å². The molecule has 0 bridgehead atoms.